The maximum absolute atomic E-state index is 12.3. The molecule has 4 aromatic rings. The number of carbonyl (C=O) groups excluding carboxylic acids is 1. The first kappa shape index (κ1) is 19.4. The van der Waals surface area contributed by atoms with Crippen LogP contribution in [0, 0.1) is 13.8 Å². The summed E-state index contributed by atoms with van der Waals surface area (Å²) in [5.74, 6) is -0.159. The van der Waals surface area contributed by atoms with Crippen LogP contribution < -0.4 is 5.32 Å². The van der Waals surface area contributed by atoms with Gasteiger partial charge in [0.25, 0.3) is 0 Å². The minimum atomic E-state index is -0.159. The first-order valence-electron chi connectivity index (χ1n) is 9.78. The first-order valence-corrected chi connectivity index (χ1v) is 9.78. The molecular formula is C24H23N5O. The number of hydrogen-bond donors (Lipinski definition) is 1. The average Bonchev–Trinajstić information content (AvgIpc) is 3.37. The first-order chi connectivity index (χ1) is 14.6. The summed E-state index contributed by atoms with van der Waals surface area (Å²) in [6.07, 6.45) is 6.90. The second kappa shape index (κ2) is 8.61. The van der Waals surface area contributed by atoms with E-state index < -0.39 is 0 Å². The van der Waals surface area contributed by atoms with Crippen LogP contribution in [0.5, 0.6) is 0 Å². The summed E-state index contributed by atoms with van der Waals surface area (Å²) in [6, 6.07) is 19.8. The molecule has 1 N–H and O–H groups in total. The Morgan fingerprint density at radius 3 is 2.37 bits per heavy atom. The standard InChI is InChI=1S/C24H23N5O/c1-18-23(19(2)29(27-18)22-11-7-4-8-12-22)16-25-24(30)14-13-20-15-26-28(17-20)21-9-5-3-6-10-21/h3-15,17H,16H2,1-2H3,(H,25,30)/b14-13+. The van der Waals surface area contributed by atoms with Gasteiger partial charge in [-0.05, 0) is 44.2 Å². The van der Waals surface area contributed by atoms with Crippen LogP contribution in [0.3, 0.4) is 0 Å². The van der Waals surface area contributed by atoms with Gasteiger partial charge in [0.2, 0.25) is 5.91 Å². The Morgan fingerprint density at radius 1 is 1.00 bits per heavy atom. The lowest BCUT2D eigenvalue weighted by atomic mass is 10.2. The third-order valence-corrected chi connectivity index (χ3v) is 4.93. The number of amides is 1. The highest BCUT2D eigenvalue weighted by molar-refractivity contribution is 5.91. The lowest BCUT2D eigenvalue weighted by Gasteiger charge is -2.06. The number of carbonyl (C=O) groups is 1. The molecule has 2 aromatic carbocycles. The Balaban J connectivity index is 1.40. The number of rotatable bonds is 6. The molecule has 0 aliphatic heterocycles. The van der Waals surface area contributed by atoms with Crippen molar-refractivity contribution in [3.05, 3.63) is 102 Å². The van der Waals surface area contributed by atoms with Crippen LogP contribution in [0.1, 0.15) is 22.5 Å². The summed E-state index contributed by atoms with van der Waals surface area (Å²) in [6.45, 7) is 4.40. The quantitative estimate of drug-likeness (QED) is 0.500. The zero-order valence-corrected chi connectivity index (χ0v) is 17.0. The van der Waals surface area contributed by atoms with Crippen LogP contribution in [0.2, 0.25) is 0 Å². The normalized spacial score (nSPS) is 11.1. The van der Waals surface area contributed by atoms with Crippen molar-refractivity contribution in [3.8, 4) is 11.4 Å². The largest absolute Gasteiger partial charge is 0.348 e. The molecule has 6 heteroatoms. The van der Waals surface area contributed by atoms with E-state index in [1.165, 1.54) is 6.08 Å². The molecule has 0 saturated carbocycles. The fraction of sp³-hybridized carbons (Fsp3) is 0.125. The van der Waals surface area contributed by atoms with Crippen molar-refractivity contribution < 1.29 is 4.79 Å². The second-order valence-electron chi connectivity index (χ2n) is 7.00. The van der Waals surface area contributed by atoms with Crippen LogP contribution in [-0.4, -0.2) is 25.5 Å². The van der Waals surface area contributed by atoms with Gasteiger partial charge in [-0.25, -0.2) is 9.36 Å². The van der Waals surface area contributed by atoms with Crippen molar-refractivity contribution in [2.45, 2.75) is 20.4 Å². The smallest absolute Gasteiger partial charge is 0.244 e. The molecule has 0 fully saturated rings. The number of para-hydroxylation sites is 2. The molecule has 0 bridgehead atoms. The molecule has 0 saturated heterocycles. The highest BCUT2D eigenvalue weighted by Gasteiger charge is 2.13. The van der Waals surface area contributed by atoms with Gasteiger partial charge in [0, 0.05) is 35.6 Å². The molecule has 0 radical (unpaired) electrons. The van der Waals surface area contributed by atoms with E-state index in [0.29, 0.717) is 6.54 Å². The fourth-order valence-electron chi connectivity index (χ4n) is 3.30. The van der Waals surface area contributed by atoms with Crippen molar-refractivity contribution in [3.63, 3.8) is 0 Å². The Labute approximate surface area is 175 Å². The second-order valence-corrected chi connectivity index (χ2v) is 7.00. The lowest BCUT2D eigenvalue weighted by Crippen LogP contribution is -2.21. The van der Waals surface area contributed by atoms with E-state index in [2.05, 4.69) is 15.5 Å². The van der Waals surface area contributed by atoms with Gasteiger partial charge in [-0.3, -0.25) is 4.79 Å². The average molecular weight is 397 g/mol. The van der Waals surface area contributed by atoms with Gasteiger partial charge >= 0.3 is 0 Å². The minimum Gasteiger partial charge on any atom is -0.348 e. The van der Waals surface area contributed by atoms with Gasteiger partial charge in [0.05, 0.1) is 23.3 Å². The van der Waals surface area contributed by atoms with E-state index in [0.717, 1.165) is 33.9 Å². The molecule has 30 heavy (non-hydrogen) atoms. The van der Waals surface area contributed by atoms with Gasteiger partial charge < -0.3 is 5.32 Å². The van der Waals surface area contributed by atoms with Gasteiger partial charge in [-0.2, -0.15) is 10.2 Å². The number of aryl methyl sites for hydroxylation is 1. The van der Waals surface area contributed by atoms with Crippen molar-refractivity contribution >= 4 is 12.0 Å². The highest BCUT2D eigenvalue weighted by atomic mass is 16.1. The molecule has 0 atom stereocenters. The molecular weight excluding hydrogens is 374 g/mol. The van der Waals surface area contributed by atoms with E-state index in [1.807, 2.05) is 85.4 Å². The van der Waals surface area contributed by atoms with Gasteiger partial charge in [0.1, 0.15) is 0 Å². The molecule has 1 amide bonds. The monoisotopic (exact) mass is 397 g/mol. The Bertz CT molecular complexity index is 1170. The molecule has 0 aliphatic rings. The van der Waals surface area contributed by atoms with Crippen LogP contribution >= 0.6 is 0 Å². The number of nitrogens with zero attached hydrogens (tertiary/aromatic N) is 4. The maximum atomic E-state index is 12.3. The topological polar surface area (TPSA) is 64.7 Å². The molecule has 2 aromatic heterocycles. The third kappa shape index (κ3) is 4.22. The van der Waals surface area contributed by atoms with Crippen LogP contribution in [0.25, 0.3) is 17.5 Å². The summed E-state index contributed by atoms with van der Waals surface area (Å²) in [7, 11) is 0. The fourth-order valence-corrected chi connectivity index (χ4v) is 3.30. The van der Waals surface area contributed by atoms with E-state index >= 15 is 0 Å². The molecule has 150 valence electrons. The molecule has 0 spiro atoms. The summed E-state index contributed by atoms with van der Waals surface area (Å²) in [5, 5.41) is 11.9. The predicted molar refractivity (Wildman–Crippen MR) is 117 cm³/mol. The Kier molecular flexibility index (Phi) is 5.57. The third-order valence-electron chi connectivity index (χ3n) is 4.93. The summed E-state index contributed by atoms with van der Waals surface area (Å²) in [5.41, 5.74) is 5.79. The van der Waals surface area contributed by atoms with Crippen LogP contribution in [-0.2, 0) is 11.3 Å². The molecule has 6 nitrogen and oxygen atoms in total. The van der Waals surface area contributed by atoms with E-state index in [-0.39, 0.29) is 5.91 Å². The summed E-state index contributed by atoms with van der Waals surface area (Å²) in [4.78, 5) is 12.3. The Morgan fingerprint density at radius 2 is 1.67 bits per heavy atom. The van der Waals surface area contributed by atoms with Crippen molar-refractivity contribution in [2.75, 3.05) is 0 Å². The molecule has 0 unspecified atom stereocenters. The minimum absolute atomic E-state index is 0.159. The van der Waals surface area contributed by atoms with Gasteiger partial charge in [-0.1, -0.05) is 36.4 Å². The number of nitrogens with one attached hydrogen (secondary N) is 1. The number of aromatic nitrogens is 4. The molecule has 4 rings (SSSR count). The summed E-state index contributed by atoms with van der Waals surface area (Å²) >= 11 is 0. The van der Waals surface area contributed by atoms with Crippen LogP contribution in [0.15, 0.2) is 79.1 Å². The van der Waals surface area contributed by atoms with E-state index in [9.17, 15) is 4.79 Å². The van der Waals surface area contributed by atoms with E-state index in [4.69, 9.17) is 0 Å². The molecule has 2 heterocycles. The van der Waals surface area contributed by atoms with Gasteiger partial charge in [-0.15, -0.1) is 0 Å². The van der Waals surface area contributed by atoms with Gasteiger partial charge in [0.15, 0.2) is 0 Å². The van der Waals surface area contributed by atoms with Crippen molar-refractivity contribution in [2.24, 2.45) is 0 Å². The number of hydrogen-bond acceptors (Lipinski definition) is 3. The summed E-state index contributed by atoms with van der Waals surface area (Å²) < 4.78 is 3.69. The SMILES string of the molecule is Cc1nn(-c2ccccc2)c(C)c1CNC(=O)/C=C/c1cnn(-c2ccccc2)c1. The number of benzene rings is 2. The zero-order chi connectivity index (χ0) is 20.9. The maximum Gasteiger partial charge on any atom is 0.244 e. The zero-order valence-electron chi connectivity index (χ0n) is 17.0. The Hall–Kier alpha value is -3.93. The van der Waals surface area contributed by atoms with Crippen LogP contribution in [0.4, 0.5) is 0 Å². The van der Waals surface area contributed by atoms with Crippen molar-refractivity contribution in [1.82, 2.24) is 24.9 Å². The lowest BCUT2D eigenvalue weighted by molar-refractivity contribution is -0.116. The molecule has 0 aliphatic carbocycles. The van der Waals surface area contributed by atoms with Crippen molar-refractivity contribution in [1.29, 1.82) is 0 Å². The highest BCUT2D eigenvalue weighted by Crippen LogP contribution is 2.17. The van der Waals surface area contributed by atoms with E-state index in [1.54, 1.807) is 17.0 Å². The predicted octanol–water partition coefficient (Wildman–Crippen LogP) is 4.00.